The third-order valence-electron chi connectivity index (χ3n) is 3.34. The number of nitrogens with zero attached hydrogens (tertiary/aromatic N) is 1. The van der Waals surface area contributed by atoms with Gasteiger partial charge < -0.3 is 14.1 Å². The molecule has 0 radical (unpaired) electrons. The number of esters is 1. The van der Waals surface area contributed by atoms with Crippen molar-refractivity contribution in [3.05, 3.63) is 28.6 Å². The molecule has 5 nitrogen and oxygen atoms in total. The topological polar surface area (TPSA) is 59.8 Å². The summed E-state index contributed by atoms with van der Waals surface area (Å²) in [7, 11) is 0. The smallest absolute Gasteiger partial charge is 0.310 e. The Morgan fingerprint density at radius 3 is 3.00 bits per heavy atom. The van der Waals surface area contributed by atoms with Crippen LogP contribution in [-0.2, 0) is 14.3 Å². The van der Waals surface area contributed by atoms with Crippen LogP contribution in [0.25, 0.3) is 6.08 Å². The van der Waals surface area contributed by atoms with Crippen LogP contribution in [0.4, 0.5) is 0 Å². The maximum atomic E-state index is 12.1. The van der Waals surface area contributed by atoms with Crippen LogP contribution in [0.2, 0.25) is 0 Å². The van der Waals surface area contributed by atoms with E-state index in [0.717, 1.165) is 12.8 Å². The second kappa shape index (κ2) is 7.45. The molecule has 2 rings (SSSR count). The van der Waals surface area contributed by atoms with Crippen LogP contribution in [0.5, 0.6) is 0 Å². The summed E-state index contributed by atoms with van der Waals surface area (Å²) in [5, 5.41) is 0. The molecule has 1 fully saturated rings. The van der Waals surface area contributed by atoms with Gasteiger partial charge in [-0.1, -0.05) is 0 Å². The van der Waals surface area contributed by atoms with Gasteiger partial charge in [-0.3, -0.25) is 9.59 Å². The van der Waals surface area contributed by atoms with Gasteiger partial charge in [-0.2, -0.15) is 0 Å². The predicted octanol–water partition coefficient (Wildman–Crippen LogP) is 2.86. The molecule has 21 heavy (non-hydrogen) atoms. The molecule has 1 aliphatic rings. The average molecular weight is 356 g/mol. The first-order chi connectivity index (χ1) is 10.1. The van der Waals surface area contributed by atoms with Crippen molar-refractivity contribution in [1.82, 2.24) is 4.90 Å². The fraction of sp³-hybridized carbons (Fsp3) is 0.467. The summed E-state index contributed by atoms with van der Waals surface area (Å²) in [4.78, 5) is 25.6. The van der Waals surface area contributed by atoms with Crippen LogP contribution in [0, 0.1) is 5.92 Å². The van der Waals surface area contributed by atoms with Gasteiger partial charge >= 0.3 is 5.97 Å². The first-order valence-corrected chi connectivity index (χ1v) is 7.78. The summed E-state index contributed by atoms with van der Waals surface area (Å²) in [5.41, 5.74) is 0. The van der Waals surface area contributed by atoms with Gasteiger partial charge in [0.1, 0.15) is 5.76 Å². The Balaban J connectivity index is 1.92. The molecule has 0 aromatic carbocycles. The first kappa shape index (κ1) is 15.8. The predicted molar refractivity (Wildman–Crippen MR) is 81.4 cm³/mol. The fourth-order valence-electron chi connectivity index (χ4n) is 2.31. The summed E-state index contributed by atoms with van der Waals surface area (Å²) >= 11 is 3.21. The zero-order valence-electron chi connectivity index (χ0n) is 11.9. The van der Waals surface area contributed by atoms with Crippen molar-refractivity contribution < 1.29 is 18.7 Å². The van der Waals surface area contributed by atoms with E-state index in [4.69, 9.17) is 9.15 Å². The minimum atomic E-state index is -0.214. The average Bonchev–Trinajstić information content (AvgIpc) is 2.91. The number of furan rings is 1. The standard InChI is InChI=1S/C15H18BrNO4/c1-2-20-15(19)11-4-3-9-17(10-11)14(18)8-6-12-5-7-13(16)21-12/h5-8,11H,2-4,9-10H2,1H3/b8-6+/t11-/m0/s1. The van der Waals surface area contributed by atoms with Gasteiger partial charge in [0.25, 0.3) is 0 Å². The lowest BCUT2D eigenvalue weighted by Gasteiger charge is -2.30. The maximum absolute atomic E-state index is 12.1. The number of carbonyl (C=O) groups excluding carboxylic acids is 2. The Kier molecular flexibility index (Phi) is 5.61. The molecule has 0 bridgehead atoms. The zero-order valence-corrected chi connectivity index (χ0v) is 13.5. The van der Waals surface area contributed by atoms with Gasteiger partial charge in [0.15, 0.2) is 4.67 Å². The lowest BCUT2D eigenvalue weighted by atomic mass is 9.98. The van der Waals surface area contributed by atoms with Crippen molar-refractivity contribution in [1.29, 1.82) is 0 Å². The highest BCUT2D eigenvalue weighted by atomic mass is 79.9. The number of carbonyl (C=O) groups is 2. The highest BCUT2D eigenvalue weighted by molar-refractivity contribution is 9.10. The summed E-state index contributed by atoms with van der Waals surface area (Å²) < 4.78 is 10.9. The summed E-state index contributed by atoms with van der Waals surface area (Å²) in [6, 6.07) is 3.54. The molecule has 6 heteroatoms. The molecule has 2 heterocycles. The van der Waals surface area contributed by atoms with E-state index in [1.807, 2.05) is 0 Å². The van der Waals surface area contributed by atoms with E-state index in [1.165, 1.54) is 6.08 Å². The van der Waals surface area contributed by atoms with E-state index >= 15 is 0 Å². The molecule has 1 aliphatic heterocycles. The Bertz CT molecular complexity index is 538. The first-order valence-electron chi connectivity index (χ1n) is 6.99. The second-order valence-electron chi connectivity index (χ2n) is 4.85. The Labute approximate surface area is 132 Å². The van der Waals surface area contributed by atoms with Crippen molar-refractivity contribution in [3.63, 3.8) is 0 Å². The van der Waals surface area contributed by atoms with Crippen LogP contribution < -0.4 is 0 Å². The normalized spacial score (nSPS) is 19.0. The molecule has 0 aliphatic carbocycles. The molecule has 1 amide bonds. The summed E-state index contributed by atoms with van der Waals surface area (Å²) in [6.45, 7) is 3.25. The SMILES string of the molecule is CCOC(=O)[C@H]1CCCN(C(=O)/C=C/c2ccc(Br)o2)C1. The number of halogens is 1. The number of ether oxygens (including phenoxy) is 1. The Morgan fingerprint density at radius 1 is 1.52 bits per heavy atom. The third-order valence-corrected chi connectivity index (χ3v) is 3.76. The van der Waals surface area contributed by atoms with E-state index in [0.29, 0.717) is 30.1 Å². The quantitative estimate of drug-likeness (QED) is 0.615. The van der Waals surface area contributed by atoms with Gasteiger partial charge in [0.05, 0.1) is 12.5 Å². The molecular formula is C15H18BrNO4. The number of hydrogen-bond acceptors (Lipinski definition) is 4. The molecular weight excluding hydrogens is 338 g/mol. The zero-order chi connectivity index (χ0) is 15.2. The molecule has 1 atom stereocenters. The van der Waals surface area contributed by atoms with Crippen LogP contribution >= 0.6 is 15.9 Å². The van der Waals surface area contributed by atoms with E-state index in [1.54, 1.807) is 30.0 Å². The number of piperidine rings is 1. The molecule has 0 unspecified atom stereocenters. The third kappa shape index (κ3) is 4.46. The number of amides is 1. The van der Waals surface area contributed by atoms with Crippen LogP contribution in [-0.4, -0.2) is 36.5 Å². The lowest BCUT2D eigenvalue weighted by Crippen LogP contribution is -2.42. The molecule has 0 spiro atoms. The van der Waals surface area contributed by atoms with E-state index in [2.05, 4.69) is 15.9 Å². The van der Waals surface area contributed by atoms with Gasteiger partial charge in [-0.25, -0.2) is 0 Å². The summed E-state index contributed by atoms with van der Waals surface area (Å²) in [5.74, 6) is 0.0634. The van der Waals surface area contributed by atoms with E-state index < -0.39 is 0 Å². The highest BCUT2D eigenvalue weighted by Gasteiger charge is 2.28. The van der Waals surface area contributed by atoms with Crippen LogP contribution in [0.3, 0.4) is 0 Å². The minimum absolute atomic E-state index is 0.114. The van der Waals surface area contributed by atoms with Gasteiger partial charge in [-0.15, -0.1) is 0 Å². The monoisotopic (exact) mass is 355 g/mol. The van der Waals surface area contributed by atoms with Crippen molar-refractivity contribution >= 4 is 33.9 Å². The van der Waals surface area contributed by atoms with Crippen LogP contribution in [0.15, 0.2) is 27.3 Å². The van der Waals surface area contributed by atoms with E-state index in [9.17, 15) is 9.59 Å². The maximum Gasteiger partial charge on any atom is 0.310 e. The minimum Gasteiger partial charge on any atom is -0.466 e. The molecule has 114 valence electrons. The van der Waals surface area contributed by atoms with Crippen molar-refractivity contribution in [2.45, 2.75) is 19.8 Å². The van der Waals surface area contributed by atoms with Gasteiger partial charge in [0.2, 0.25) is 5.91 Å². The van der Waals surface area contributed by atoms with Gasteiger partial charge in [-0.05, 0) is 53.9 Å². The van der Waals surface area contributed by atoms with Crippen LogP contribution in [0.1, 0.15) is 25.5 Å². The Hall–Kier alpha value is -1.56. The molecule has 0 N–H and O–H groups in total. The number of rotatable bonds is 4. The largest absolute Gasteiger partial charge is 0.466 e. The number of hydrogen-bond donors (Lipinski definition) is 0. The van der Waals surface area contributed by atoms with Crippen molar-refractivity contribution in [3.8, 4) is 0 Å². The lowest BCUT2D eigenvalue weighted by molar-refractivity contribution is -0.150. The van der Waals surface area contributed by atoms with Gasteiger partial charge in [0, 0.05) is 19.2 Å². The molecule has 1 aromatic heterocycles. The second-order valence-corrected chi connectivity index (χ2v) is 5.63. The van der Waals surface area contributed by atoms with Crippen molar-refractivity contribution in [2.75, 3.05) is 19.7 Å². The van der Waals surface area contributed by atoms with Crippen molar-refractivity contribution in [2.24, 2.45) is 5.92 Å². The summed E-state index contributed by atoms with van der Waals surface area (Å²) in [6.07, 6.45) is 4.69. The highest BCUT2D eigenvalue weighted by Crippen LogP contribution is 2.19. The molecule has 1 aromatic rings. The van der Waals surface area contributed by atoms with E-state index in [-0.39, 0.29) is 17.8 Å². The molecule has 0 saturated carbocycles. The number of likely N-dealkylation sites (tertiary alicyclic amines) is 1. The Morgan fingerprint density at radius 2 is 2.33 bits per heavy atom. The molecule has 1 saturated heterocycles. The fourth-order valence-corrected chi connectivity index (χ4v) is 2.63.